The van der Waals surface area contributed by atoms with Crippen molar-refractivity contribution in [2.45, 2.75) is 0 Å². The molecule has 0 spiro atoms. The highest BCUT2D eigenvalue weighted by atomic mass is 35.5. The first-order chi connectivity index (χ1) is 5.12. The summed E-state index contributed by atoms with van der Waals surface area (Å²) < 4.78 is 19.1. The Bertz CT molecular complexity index is 217. The van der Waals surface area contributed by atoms with E-state index in [4.69, 9.17) is 17.7 Å². The second kappa shape index (κ2) is 7.18. The van der Waals surface area contributed by atoms with E-state index >= 15 is 0 Å². The molecule has 0 radical (unpaired) electrons. The summed E-state index contributed by atoms with van der Waals surface area (Å²) in [5, 5.41) is 0. The van der Waals surface area contributed by atoms with Gasteiger partial charge in [0, 0.05) is 0 Å². The molecule has 0 rings (SSSR count). The van der Waals surface area contributed by atoms with Crippen molar-refractivity contribution in [3.8, 4) is 24.7 Å². The van der Waals surface area contributed by atoms with Gasteiger partial charge in [-0.1, -0.05) is 11.8 Å². The predicted octanol–water partition coefficient (Wildman–Crippen LogP) is 0.808. The molecular formula is C6H8ClO4P. The summed E-state index contributed by atoms with van der Waals surface area (Å²) >= 11 is 0. The van der Waals surface area contributed by atoms with Gasteiger partial charge in [-0.05, 0) is 0 Å². The van der Waals surface area contributed by atoms with Crippen LogP contribution in [0, 0.1) is 24.7 Å². The van der Waals surface area contributed by atoms with Gasteiger partial charge in [0.05, 0.1) is 0 Å². The molecule has 0 aliphatic rings. The van der Waals surface area contributed by atoms with Crippen LogP contribution in [0.1, 0.15) is 0 Å². The van der Waals surface area contributed by atoms with Gasteiger partial charge < -0.3 is 4.89 Å². The molecule has 0 aromatic rings. The maximum absolute atomic E-state index is 10.7. The van der Waals surface area contributed by atoms with Crippen molar-refractivity contribution in [1.82, 2.24) is 0 Å². The molecule has 0 fully saturated rings. The summed E-state index contributed by atoms with van der Waals surface area (Å²) in [5.74, 6) is 4.03. The van der Waals surface area contributed by atoms with E-state index in [9.17, 15) is 4.57 Å². The highest BCUT2D eigenvalue weighted by Crippen LogP contribution is 2.42. The molecule has 0 atom stereocenters. The second-order valence-electron chi connectivity index (χ2n) is 1.42. The minimum Gasteiger partial charge on any atom is -0.302 e. The summed E-state index contributed by atoms with van der Waals surface area (Å²) in [7, 11) is -4.01. The molecule has 1 N–H and O–H groups in total. The van der Waals surface area contributed by atoms with Gasteiger partial charge in [-0.15, -0.1) is 25.3 Å². The fraction of sp³-hybridized carbons (Fsp3) is 0.333. The van der Waals surface area contributed by atoms with E-state index < -0.39 is 7.82 Å². The van der Waals surface area contributed by atoms with Crippen molar-refractivity contribution in [2.75, 3.05) is 13.2 Å². The van der Waals surface area contributed by atoms with Gasteiger partial charge in [0.2, 0.25) is 0 Å². The monoisotopic (exact) mass is 210 g/mol. The first-order valence-corrected chi connectivity index (χ1v) is 4.10. The SMILES string of the molecule is C#CCOP(=O)(O)OCC#C.Cl. The van der Waals surface area contributed by atoms with Gasteiger partial charge in [0.15, 0.2) is 0 Å². The van der Waals surface area contributed by atoms with Crippen molar-refractivity contribution in [2.24, 2.45) is 0 Å². The standard InChI is InChI=1S/C6H7O4P.ClH/c1-3-5-9-11(7,8)10-6-4-2;/h1-2H,5-6H2,(H,7,8);1H. The maximum Gasteiger partial charge on any atom is 0.474 e. The molecule has 0 unspecified atom stereocenters. The number of phosphoric acid groups is 1. The van der Waals surface area contributed by atoms with Crippen LogP contribution in [0.25, 0.3) is 0 Å². The first kappa shape index (κ1) is 14.1. The Morgan fingerprint density at radius 1 is 1.25 bits per heavy atom. The van der Waals surface area contributed by atoms with E-state index in [1.807, 2.05) is 11.8 Å². The van der Waals surface area contributed by atoms with Crippen LogP contribution >= 0.6 is 20.2 Å². The molecule has 0 aliphatic carbocycles. The highest BCUT2D eigenvalue weighted by molar-refractivity contribution is 7.47. The highest BCUT2D eigenvalue weighted by Gasteiger charge is 2.18. The Labute approximate surface area is 77.3 Å². The Kier molecular flexibility index (Phi) is 8.42. The lowest BCUT2D eigenvalue weighted by atomic mass is 10.8. The van der Waals surface area contributed by atoms with Crippen molar-refractivity contribution in [3.05, 3.63) is 0 Å². The van der Waals surface area contributed by atoms with E-state index in [0.717, 1.165) is 0 Å². The molecule has 6 heteroatoms. The molecule has 12 heavy (non-hydrogen) atoms. The number of terminal acetylenes is 2. The van der Waals surface area contributed by atoms with E-state index in [2.05, 4.69) is 9.05 Å². The topological polar surface area (TPSA) is 55.8 Å². The Hall–Kier alpha value is -0.480. The van der Waals surface area contributed by atoms with E-state index in [1.165, 1.54) is 0 Å². The zero-order valence-corrected chi connectivity index (χ0v) is 7.81. The molecule has 0 saturated heterocycles. The third-order valence-corrected chi connectivity index (χ3v) is 1.53. The van der Waals surface area contributed by atoms with Crippen LogP contribution in [0.4, 0.5) is 0 Å². The molecule has 0 amide bonds. The van der Waals surface area contributed by atoms with Crippen LogP contribution < -0.4 is 0 Å². The Balaban J connectivity index is 0. The van der Waals surface area contributed by atoms with Gasteiger partial charge in [0.25, 0.3) is 0 Å². The smallest absolute Gasteiger partial charge is 0.302 e. The summed E-state index contributed by atoms with van der Waals surface area (Å²) in [5.41, 5.74) is 0. The van der Waals surface area contributed by atoms with Gasteiger partial charge in [-0.3, -0.25) is 9.05 Å². The fourth-order valence-electron chi connectivity index (χ4n) is 0.275. The van der Waals surface area contributed by atoms with Crippen molar-refractivity contribution < 1.29 is 18.5 Å². The molecule has 0 aromatic carbocycles. The second-order valence-corrected chi connectivity index (χ2v) is 2.88. The van der Waals surface area contributed by atoms with Crippen LogP contribution in [0.3, 0.4) is 0 Å². The van der Waals surface area contributed by atoms with Crippen LogP contribution in [0.2, 0.25) is 0 Å². The normalized spacial score (nSPS) is 9.25. The zero-order valence-electron chi connectivity index (χ0n) is 6.10. The number of halogens is 1. The van der Waals surface area contributed by atoms with Crippen LogP contribution in [0.15, 0.2) is 0 Å². The third kappa shape index (κ3) is 7.63. The van der Waals surface area contributed by atoms with Gasteiger partial charge >= 0.3 is 7.82 Å². The quantitative estimate of drug-likeness (QED) is 0.551. The zero-order chi connectivity index (χ0) is 8.74. The van der Waals surface area contributed by atoms with Crippen molar-refractivity contribution >= 4 is 20.2 Å². The van der Waals surface area contributed by atoms with E-state index in [-0.39, 0.29) is 25.6 Å². The number of phosphoric ester groups is 1. The summed E-state index contributed by atoms with van der Waals surface area (Å²) in [6.45, 7) is -0.559. The van der Waals surface area contributed by atoms with Crippen LogP contribution in [-0.4, -0.2) is 18.1 Å². The lowest BCUT2D eigenvalue weighted by Crippen LogP contribution is -1.95. The van der Waals surface area contributed by atoms with Crippen molar-refractivity contribution in [1.29, 1.82) is 0 Å². The third-order valence-electron chi connectivity index (χ3n) is 0.622. The predicted molar refractivity (Wildman–Crippen MR) is 46.6 cm³/mol. The Morgan fingerprint density at radius 2 is 1.58 bits per heavy atom. The first-order valence-electron chi connectivity index (χ1n) is 2.61. The molecule has 0 bridgehead atoms. The molecule has 0 saturated carbocycles. The molecule has 4 nitrogen and oxygen atoms in total. The molecular weight excluding hydrogens is 202 g/mol. The summed E-state index contributed by atoms with van der Waals surface area (Å²) in [6, 6.07) is 0. The number of rotatable bonds is 4. The minimum absolute atomic E-state index is 0. The molecule has 0 aromatic heterocycles. The average molecular weight is 211 g/mol. The minimum atomic E-state index is -4.01. The molecule has 68 valence electrons. The van der Waals surface area contributed by atoms with Gasteiger partial charge in [0.1, 0.15) is 13.2 Å². The van der Waals surface area contributed by atoms with Crippen LogP contribution in [-0.2, 0) is 13.6 Å². The number of hydrogen-bond acceptors (Lipinski definition) is 3. The summed E-state index contributed by atoms with van der Waals surface area (Å²) in [4.78, 5) is 8.70. The lowest BCUT2D eigenvalue weighted by Gasteiger charge is -2.06. The largest absolute Gasteiger partial charge is 0.474 e. The number of hydrogen-bond donors (Lipinski definition) is 1. The summed E-state index contributed by atoms with van der Waals surface area (Å²) in [6.07, 6.45) is 9.52. The maximum atomic E-state index is 10.7. The van der Waals surface area contributed by atoms with E-state index in [0.29, 0.717) is 0 Å². The van der Waals surface area contributed by atoms with Gasteiger partial charge in [-0.25, -0.2) is 4.57 Å². The van der Waals surface area contributed by atoms with Crippen LogP contribution in [0.5, 0.6) is 0 Å². The lowest BCUT2D eigenvalue weighted by molar-refractivity contribution is 0.178. The molecule has 0 heterocycles. The van der Waals surface area contributed by atoms with E-state index in [1.54, 1.807) is 0 Å². The fourth-order valence-corrected chi connectivity index (χ4v) is 0.825. The Morgan fingerprint density at radius 3 is 1.83 bits per heavy atom. The van der Waals surface area contributed by atoms with Gasteiger partial charge in [-0.2, -0.15) is 0 Å². The van der Waals surface area contributed by atoms with Crippen molar-refractivity contribution in [3.63, 3.8) is 0 Å². The average Bonchev–Trinajstić information content (AvgIpc) is 1.97. The molecule has 0 aliphatic heterocycles.